The predicted molar refractivity (Wildman–Crippen MR) is 88.1 cm³/mol. The number of para-hydroxylation sites is 1. The van der Waals surface area contributed by atoms with Gasteiger partial charge in [0.05, 0.1) is 17.9 Å². The van der Waals surface area contributed by atoms with Crippen molar-refractivity contribution < 1.29 is 0 Å². The van der Waals surface area contributed by atoms with Gasteiger partial charge in [-0.2, -0.15) is 10.2 Å². The van der Waals surface area contributed by atoms with Crippen LogP contribution in [-0.4, -0.2) is 20.5 Å². The van der Waals surface area contributed by atoms with Gasteiger partial charge in [0.2, 0.25) is 0 Å². The van der Waals surface area contributed by atoms with E-state index in [0.717, 1.165) is 17.0 Å². The van der Waals surface area contributed by atoms with E-state index in [1.54, 1.807) is 11.0 Å². The lowest BCUT2D eigenvalue weighted by Gasteiger charge is -2.08. The van der Waals surface area contributed by atoms with E-state index < -0.39 is 0 Å². The fraction of sp³-hybridized carbons (Fsp3) is 0.0625. The summed E-state index contributed by atoms with van der Waals surface area (Å²) in [6.45, 7) is 0.515. The van der Waals surface area contributed by atoms with Gasteiger partial charge < -0.3 is 0 Å². The molecule has 0 atom stereocenters. The van der Waals surface area contributed by atoms with Crippen molar-refractivity contribution in [2.45, 2.75) is 6.54 Å². The standard InChI is InChI=1S/C16H14ClN5/c17-14-8-6-13(7-9-14)16(10-22-12-18-11-19-22)21-20-15-4-2-1-3-5-15/h1-9,11-12,20H,10H2/b21-16-. The second-order valence-electron chi connectivity index (χ2n) is 4.64. The Hall–Kier alpha value is -2.66. The topological polar surface area (TPSA) is 55.1 Å². The number of hydrogen-bond acceptors (Lipinski definition) is 4. The molecule has 0 bridgehead atoms. The minimum atomic E-state index is 0.515. The van der Waals surface area contributed by atoms with E-state index in [1.165, 1.54) is 6.33 Å². The van der Waals surface area contributed by atoms with Crippen LogP contribution in [0.15, 0.2) is 72.4 Å². The zero-order valence-electron chi connectivity index (χ0n) is 11.7. The van der Waals surface area contributed by atoms with Crippen LogP contribution >= 0.6 is 11.6 Å². The van der Waals surface area contributed by atoms with Crippen molar-refractivity contribution in [1.82, 2.24) is 14.8 Å². The smallest absolute Gasteiger partial charge is 0.137 e. The zero-order valence-corrected chi connectivity index (χ0v) is 12.5. The average molecular weight is 312 g/mol. The summed E-state index contributed by atoms with van der Waals surface area (Å²) in [5.41, 5.74) is 5.80. The Labute approximate surface area is 133 Å². The lowest BCUT2D eigenvalue weighted by atomic mass is 10.1. The number of nitrogens with zero attached hydrogens (tertiary/aromatic N) is 4. The molecule has 0 aliphatic carbocycles. The van der Waals surface area contributed by atoms with E-state index in [4.69, 9.17) is 11.6 Å². The molecule has 6 heteroatoms. The highest BCUT2D eigenvalue weighted by Gasteiger charge is 2.06. The minimum Gasteiger partial charge on any atom is -0.278 e. The number of anilines is 1. The summed E-state index contributed by atoms with van der Waals surface area (Å²) in [5, 5.41) is 9.32. The van der Waals surface area contributed by atoms with E-state index in [-0.39, 0.29) is 0 Å². The molecular weight excluding hydrogens is 298 g/mol. The van der Waals surface area contributed by atoms with Gasteiger partial charge >= 0.3 is 0 Å². The number of nitrogens with one attached hydrogen (secondary N) is 1. The van der Waals surface area contributed by atoms with Gasteiger partial charge in [-0.15, -0.1) is 0 Å². The molecular formula is C16H14ClN5. The van der Waals surface area contributed by atoms with Crippen molar-refractivity contribution in [3.8, 4) is 0 Å². The number of rotatable bonds is 5. The van der Waals surface area contributed by atoms with Gasteiger partial charge in [0.15, 0.2) is 0 Å². The van der Waals surface area contributed by atoms with Crippen molar-refractivity contribution in [3.63, 3.8) is 0 Å². The molecule has 0 radical (unpaired) electrons. The first-order valence-electron chi connectivity index (χ1n) is 6.77. The number of hydrazone groups is 1. The molecule has 2 aromatic carbocycles. The molecule has 22 heavy (non-hydrogen) atoms. The van der Waals surface area contributed by atoms with Gasteiger partial charge in [-0.1, -0.05) is 41.9 Å². The Morgan fingerprint density at radius 2 is 1.86 bits per heavy atom. The lowest BCUT2D eigenvalue weighted by molar-refractivity contribution is 0.721. The fourth-order valence-electron chi connectivity index (χ4n) is 1.95. The molecule has 0 spiro atoms. The van der Waals surface area contributed by atoms with Gasteiger partial charge in [-0.25, -0.2) is 9.67 Å². The molecule has 0 aliphatic heterocycles. The Balaban J connectivity index is 1.86. The van der Waals surface area contributed by atoms with E-state index in [0.29, 0.717) is 11.6 Å². The van der Waals surface area contributed by atoms with Crippen molar-refractivity contribution in [1.29, 1.82) is 0 Å². The summed E-state index contributed by atoms with van der Waals surface area (Å²) < 4.78 is 1.72. The molecule has 5 nitrogen and oxygen atoms in total. The minimum absolute atomic E-state index is 0.515. The van der Waals surface area contributed by atoms with Crippen LogP contribution in [0, 0.1) is 0 Å². The number of aromatic nitrogens is 3. The van der Waals surface area contributed by atoms with Crippen LogP contribution in [0.2, 0.25) is 5.02 Å². The second kappa shape index (κ2) is 6.87. The van der Waals surface area contributed by atoms with Crippen molar-refractivity contribution in [3.05, 3.63) is 77.8 Å². The quantitative estimate of drug-likeness (QED) is 0.580. The van der Waals surface area contributed by atoms with Crippen LogP contribution < -0.4 is 5.43 Å². The van der Waals surface area contributed by atoms with Gasteiger partial charge in [-0.3, -0.25) is 5.43 Å². The fourth-order valence-corrected chi connectivity index (χ4v) is 2.07. The molecule has 0 unspecified atom stereocenters. The summed E-state index contributed by atoms with van der Waals surface area (Å²) in [6, 6.07) is 17.3. The van der Waals surface area contributed by atoms with Crippen molar-refractivity contribution >= 4 is 23.0 Å². The largest absolute Gasteiger partial charge is 0.278 e. The molecule has 0 fully saturated rings. The van der Waals surface area contributed by atoms with Crippen LogP contribution in [0.25, 0.3) is 0 Å². The number of hydrogen-bond donors (Lipinski definition) is 1. The van der Waals surface area contributed by atoms with Crippen LogP contribution in [0.4, 0.5) is 5.69 Å². The third-order valence-corrected chi connectivity index (χ3v) is 3.30. The Morgan fingerprint density at radius 1 is 1.09 bits per heavy atom. The van der Waals surface area contributed by atoms with Crippen LogP contribution in [0.1, 0.15) is 5.56 Å². The van der Waals surface area contributed by atoms with E-state index >= 15 is 0 Å². The molecule has 1 aromatic heterocycles. The first-order chi connectivity index (χ1) is 10.8. The highest BCUT2D eigenvalue weighted by atomic mass is 35.5. The monoisotopic (exact) mass is 311 g/mol. The molecule has 1 N–H and O–H groups in total. The maximum absolute atomic E-state index is 5.95. The molecule has 0 saturated heterocycles. The highest BCUT2D eigenvalue weighted by molar-refractivity contribution is 6.30. The third-order valence-electron chi connectivity index (χ3n) is 3.05. The predicted octanol–water partition coefficient (Wildman–Crippen LogP) is 3.45. The molecule has 0 amide bonds. The molecule has 3 aromatic rings. The van der Waals surface area contributed by atoms with Crippen molar-refractivity contribution in [2.24, 2.45) is 5.10 Å². The average Bonchev–Trinajstić information content (AvgIpc) is 3.06. The number of halogens is 1. The summed E-state index contributed by atoms with van der Waals surface area (Å²) in [4.78, 5) is 3.96. The summed E-state index contributed by atoms with van der Waals surface area (Å²) in [6.07, 6.45) is 3.16. The van der Waals surface area contributed by atoms with E-state index in [1.807, 2.05) is 54.6 Å². The van der Waals surface area contributed by atoms with Crippen molar-refractivity contribution in [2.75, 3.05) is 5.43 Å². The summed E-state index contributed by atoms with van der Waals surface area (Å²) in [5.74, 6) is 0. The van der Waals surface area contributed by atoms with Gasteiger partial charge in [0.25, 0.3) is 0 Å². The van der Waals surface area contributed by atoms with Gasteiger partial charge in [0.1, 0.15) is 12.7 Å². The molecule has 110 valence electrons. The zero-order chi connectivity index (χ0) is 15.2. The Morgan fingerprint density at radius 3 is 2.55 bits per heavy atom. The normalized spacial score (nSPS) is 11.4. The number of benzene rings is 2. The van der Waals surface area contributed by atoms with Gasteiger partial charge in [0, 0.05) is 5.02 Å². The first-order valence-corrected chi connectivity index (χ1v) is 7.15. The highest BCUT2D eigenvalue weighted by Crippen LogP contribution is 2.12. The van der Waals surface area contributed by atoms with E-state index in [2.05, 4.69) is 20.6 Å². The van der Waals surface area contributed by atoms with Crippen LogP contribution in [0.5, 0.6) is 0 Å². The molecule has 0 aliphatic rings. The molecule has 3 rings (SSSR count). The third kappa shape index (κ3) is 3.71. The van der Waals surface area contributed by atoms with Gasteiger partial charge in [-0.05, 0) is 29.8 Å². The van der Waals surface area contributed by atoms with Crippen LogP contribution in [-0.2, 0) is 6.54 Å². The first kappa shape index (κ1) is 14.3. The van der Waals surface area contributed by atoms with Crippen LogP contribution in [0.3, 0.4) is 0 Å². The van der Waals surface area contributed by atoms with E-state index in [9.17, 15) is 0 Å². The summed E-state index contributed by atoms with van der Waals surface area (Å²) >= 11 is 5.95. The Kier molecular flexibility index (Phi) is 4.46. The maximum atomic E-state index is 5.95. The molecule has 1 heterocycles. The molecule has 0 saturated carbocycles. The Bertz CT molecular complexity index is 736. The lowest BCUT2D eigenvalue weighted by Crippen LogP contribution is -2.14. The second-order valence-corrected chi connectivity index (χ2v) is 5.07. The maximum Gasteiger partial charge on any atom is 0.137 e. The summed E-state index contributed by atoms with van der Waals surface area (Å²) in [7, 11) is 0. The SMILES string of the molecule is Clc1ccc(/C(Cn2cncn2)=N\Nc2ccccc2)cc1.